The van der Waals surface area contributed by atoms with Gasteiger partial charge in [-0.15, -0.1) is 0 Å². The van der Waals surface area contributed by atoms with Crippen molar-refractivity contribution in [3.05, 3.63) is 12.2 Å². The van der Waals surface area contributed by atoms with Crippen LogP contribution in [0.25, 0.3) is 0 Å². The van der Waals surface area contributed by atoms with Crippen LogP contribution in [0.2, 0.25) is 0 Å². The first-order valence-electron chi connectivity index (χ1n) is 5.33. The van der Waals surface area contributed by atoms with Crippen LogP contribution in [-0.2, 0) is 0 Å². The van der Waals surface area contributed by atoms with Crippen molar-refractivity contribution in [1.29, 1.82) is 0 Å². The second kappa shape index (κ2) is 6.64. The number of piperidine rings is 1. The number of hydrogen-bond donors (Lipinski definition) is 1. The van der Waals surface area contributed by atoms with Crippen LogP contribution in [0.1, 0.15) is 25.7 Å². The van der Waals surface area contributed by atoms with Gasteiger partial charge in [0, 0.05) is 18.5 Å². The fourth-order valence-corrected chi connectivity index (χ4v) is 1.67. The summed E-state index contributed by atoms with van der Waals surface area (Å²) in [6.07, 6.45) is 4.52. The van der Waals surface area contributed by atoms with E-state index in [2.05, 4.69) is 23.3 Å². The van der Waals surface area contributed by atoms with Crippen molar-refractivity contribution in [2.24, 2.45) is 0 Å². The van der Waals surface area contributed by atoms with E-state index in [-0.39, 0.29) is 6.61 Å². The third-order valence-corrected chi connectivity index (χ3v) is 2.37. The maximum atomic E-state index is 8.56. The lowest BCUT2D eigenvalue weighted by Crippen LogP contribution is -2.31. The highest BCUT2D eigenvalue weighted by Crippen LogP contribution is 2.09. The molecule has 1 aliphatic heterocycles. The van der Waals surface area contributed by atoms with Crippen LogP contribution in [0.5, 0.6) is 0 Å². The number of likely N-dealkylation sites (tertiary alicyclic amines) is 1. The Balaban J connectivity index is 2.22. The molecule has 0 radical (unpaired) electrons. The van der Waals surface area contributed by atoms with Gasteiger partial charge in [0.1, 0.15) is 0 Å². The molecule has 1 N–H and O–H groups in total. The molecular formula is C12H19NO. The van der Waals surface area contributed by atoms with Crippen LogP contribution in [-0.4, -0.2) is 36.2 Å². The summed E-state index contributed by atoms with van der Waals surface area (Å²) in [5.41, 5.74) is 0.973. The molecule has 0 aromatic heterocycles. The molecule has 0 aromatic carbocycles. The molecule has 14 heavy (non-hydrogen) atoms. The summed E-state index contributed by atoms with van der Waals surface area (Å²) in [7, 11) is 0. The quantitative estimate of drug-likeness (QED) is 0.685. The van der Waals surface area contributed by atoms with Crippen LogP contribution in [0.3, 0.4) is 0 Å². The van der Waals surface area contributed by atoms with Crippen molar-refractivity contribution in [2.45, 2.75) is 25.7 Å². The number of aliphatic hydroxyl groups is 1. The fraction of sp³-hybridized carbons (Fsp3) is 0.667. The largest absolute Gasteiger partial charge is 0.395 e. The summed E-state index contributed by atoms with van der Waals surface area (Å²) in [6.45, 7) is 7.33. The normalized spacial score (nSPS) is 17.2. The first kappa shape index (κ1) is 11.3. The van der Waals surface area contributed by atoms with Gasteiger partial charge in [-0.05, 0) is 25.9 Å². The molecule has 0 aliphatic carbocycles. The van der Waals surface area contributed by atoms with Gasteiger partial charge in [0.05, 0.1) is 6.61 Å². The van der Waals surface area contributed by atoms with E-state index in [1.54, 1.807) is 0 Å². The molecule has 1 heterocycles. The lowest BCUT2D eigenvalue weighted by molar-refractivity contribution is 0.249. The highest BCUT2D eigenvalue weighted by molar-refractivity contribution is 5.26. The Morgan fingerprint density at radius 1 is 1.29 bits per heavy atom. The molecule has 1 saturated heterocycles. The lowest BCUT2D eigenvalue weighted by atomic mass is 10.1. The van der Waals surface area contributed by atoms with Crippen molar-refractivity contribution in [2.75, 3.05) is 26.2 Å². The third-order valence-electron chi connectivity index (χ3n) is 2.37. The van der Waals surface area contributed by atoms with Crippen molar-refractivity contribution in [3.8, 4) is 11.8 Å². The van der Waals surface area contributed by atoms with E-state index in [0.717, 1.165) is 12.1 Å². The van der Waals surface area contributed by atoms with Gasteiger partial charge >= 0.3 is 0 Å². The fourth-order valence-electron chi connectivity index (χ4n) is 1.67. The van der Waals surface area contributed by atoms with Gasteiger partial charge in [-0.3, -0.25) is 4.90 Å². The topological polar surface area (TPSA) is 23.5 Å². The summed E-state index contributed by atoms with van der Waals surface area (Å²) in [6, 6.07) is 0. The molecule has 0 amide bonds. The number of aliphatic hydroxyl groups excluding tert-OH is 1. The Hall–Kier alpha value is -0.780. The summed E-state index contributed by atoms with van der Waals surface area (Å²) >= 11 is 0. The number of nitrogens with zero attached hydrogens (tertiary/aromatic N) is 1. The minimum atomic E-state index is 0.143. The predicted molar refractivity (Wildman–Crippen MR) is 58.9 cm³/mol. The van der Waals surface area contributed by atoms with Crippen molar-refractivity contribution in [1.82, 2.24) is 4.90 Å². The second-order valence-electron chi connectivity index (χ2n) is 3.72. The molecule has 0 atom stereocenters. The third kappa shape index (κ3) is 4.45. The Labute approximate surface area is 86.6 Å². The predicted octanol–water partition coefficient (Wildman–Crippen LogP) is 1.41. The zero-order valence-corrected chi connectivity index (χ0v) is 8.76. The van der Waals surface area contributed by atoms with Crippen LogP contribution < -0.4 is 0 Å². The van der Waals surface area contributed by atoms with Gasteiger partial charge in [0.15, 0.2) is 0 Å². The Bertz CT molecular complexity index is 230. The lowest BCUT2D eigenvalue weighted by Gasteiger charge is -2.25. The highest BCUT2D eigenvalue weighted by Gasteiger charge is 2.09. The molecule has 2 heteroatoms. The minimum absolute atomic E-state index is 0.143. The molecule has 1 fully saturated rings. The smallest absolute Gasteiger partial charge is 0.0540 e. The maximum absolute atomic E-state index is 8.56. The Kier molecular flexibility index (Phi) is 5.36. The van der Waals surface area contributed by atoms with Gasteiger partial charge in [-0.2, -0.15) is 0 Å². The summed E-state index contributed by atoms with van der Waals surface area (Å²) < 4.78 is 0. The molecule has 0 spiro atoms. The summed E-state index contributed by atoms with van der Waals surface area (Å²) in [4.78, 5) is 2.40. The van der Waals surface area contributed by atoms with Crippen molar-refractivity contribution < 1.29 is 5.11 Å². The van der Waals surface area contributed by atoms with E-state index in [1.807, 2.05) is 0 Å². The van der Waals surface area contributed by atoms with Crippen LogP contribution >= 0.6 is 0 Å². The van der Waals surface area contributed by atoms with E-state index in [0.29, 0.717) is 6.42 Å². The Morgan fingerprint density at radius 3 is 2.64 bits per heavy atom. The van der Waals surface area contributed by atoms with Crippen LogP contribution in [0.15, 0.2) is 12.2 Å². The average molecular weight is 193 g/mol. The molecular weight excluding hydrogens is 174 g/mol. The van der Waals surface area contributed by atoms with Gasteiger partial charge in [-0.25, -0.2) is 0 Å². The zero-order valence-electron chi connectivity index (χ0n) is 8.76. The van der Waals surface area contributed by atoms with E-state index in [4.69, 9.17) is 5.11 Å². The standard InChI is InChI=1S/C12H19NO/c1-12(7-3-6-10-14)11-13-8-4-2-5-9-13/h14H,1-2,4-6,8-11H2. The van der Waals surface area contributed by atoms with Gasteiger partial charge in [0.2, 0.25) is 0 Å². The van der Waals surface area contributed by atoms with E-state index in [1.165, 1.54) is 32.4 Å². The second-order valence-corrected chi connectivity index (χ2v) is 3.72. The monoisotopic (exact) mass is 193 g/mol. The van der Waals surface area contributed by atoms with E-state index in [9.17, 15) is 0 Å². The van der Waals surface area contributed by atoms with Gasteiger partial charge in [0.25, 0.3) is 0 Å². The average Bonchev–Trinajstić information content (AvgIpc) is 2.20. The molecule has 1 aliphatic rings. The summed E-state index contributed by atoms with van der Waals surface area (Å²) in [5, 5.41) is 8.56. The summed E-state index contributed by atoms with van der Waals surface area (Å²) in [5.74, 6) is 5.88. The zero-order chi connectivity index (χ0) is 10.2. The molecule has 2 nitrogen and oxygen atoms in total. The maximum Gasteiger partial charge on any atom is 0.0540 e. The molecule has 0 aromatic rings. The number of hydrogen-bond acceptors (Lipinski definition) is 2. The van der Waals surface area contributed by atoms with Gasteiger partial charge in [-0.1, -0.05) is 24.8 Å². The molecule has 0 saturated carbocycles. The first-order valence-corrected chi connectivity index (χ1v) is 5.33. The van der Waals surface area contributed by atoms with Gasteiger partial charge < -0.3 is 5.11 Å². The molecule has 0 unspecified atom stereocenters. The van der Waals surface area contributed by atoms with E-state index >= 15 is 0 Å². The molecule has 0 bridgehead atoms. The molecule has 1 rings (SSSR count). The Morgan fingerprint density at radius 2 is 2.00 bits per heavy atom. The molecule has 78 valence electrons. The first-order chi connectivity index (χ1) is 6.83. The SMILES string of the molecule is C=C(C#CCCO)CN1CCCCC1. The minimum Gasteiger partial charge on any atom is -0.395 e. The van der Waals surface area contributed by atoms with Crippen molar-refractivity contribution in [3.63, 3.8) is 0 Å². The van der Waals surface area contributed by atoms with E-state index < -0.39 is 0 Å². The highest BCUT2D eigenvalue weighted by atomic mass is 16.2. The van der Waals surface area contributed by atoms with Crippen molar-refractivity contribution >= 4 is 0 Å². The number of rotatable bonds is 3. The van der Waals surface area contributed by atoms with Crippen LogP contribution in [0.4, 0.5) is 0 Å². The van der Waals surface area contributed by atoms with Crippen LogP contribution in [0, 0.1) is 11.8 Å².